The molecular formula is C19H21FN2O. The van der Waals surface area contributed by atoms with Gasteiger partial charge in [-0.05, 0) is 42.2 Å². The zero-order valence-electron chi connectivity index (χ0n) is 13.3. The molecule has 0 saturated carbocycles. The largest absolute Gasteiger partial charge is 0.348 e. The Bertz CT molecular complexity index is 684. The SMILES string of the molecule is CC(NC(=O)CN1CCc2ccccc2C1)c1ccc(F)cc1. The molecular weight excluding hydrogens is 291 g/mol. The highest BCUT2D eigenvalue weighted by atomic mass is 19.1. The van der Waals surface area contributed by atoms with Crippen LogP contribution in [-0.2, 0) is 17.8 Å². The van der Waals surface area contributed by atoms with E-state index in [2.05, 4.69) is 28.4 Å². The summed E-state index contributed by atoms with van der Waals surface area (Å²) in [5, 5.41) is 2.98. The van der Waals surface area contributed by atoms with Gasteiger partial charge in [0, 0.05) is 13.1 Å². The first-order valence-corrected chi connectivity index (χ1v) is 7.96. The second-order valence-corrected chi connectivity index (χ2v) is 6.07. The van der Waals surface area contributed by atoms with Crippen LogP contribution in [0.4, 0.5) is 4.39 Å². The van der Waals surface area contributed by atoms with Gasteiger partial charge < -0.3 is 5.32 Å². The van der Waals surface area contributed by atoms with Crippen LogP contribution in [0.25, 0.3) is 0 Å². The van der Waals surface area contributed by atoms with Crippen molar-refractivity contribution in [2.45, 2.75) is 25.9 Å². The van der Waals surface area contributed by atoms with Gasteiger partial charge in [0.05, 0.1) is 12.6 Å². The normalized spacial score (nSPS) is 15.7. The molecule has 1 N–H and O–H groups in total. The zero-order chi connectivity index (χ0) is 16.2. The monoisotopic (exact) mass is 312 g/mol. The third-order valence-corrected chi connectivity index (χ3v) is 4.32. The maximum Gasteiger partial charge on any atom is 0.234 e. The van der Waals surface area contributed by atoms with Gasteiger partial charge in [-0.25, -0.2) is 4.39 Å². The van der Waals surface area contributed by atoms with Crippen molar-refractivity contribution in [3.05, 3.63) is 71.0 Å². The van der Waals surface area contributed by atoms with Gasteiger partial charge in [0.15, 0.2) is 0 Å². The van der Waals surface area contributed by atoms with E-state index in [-0.39, 0.29) is 17.8 Å². The maximum absolute atomic E-state index is 12.9. The highest BCUT2D eigenvalue weighted by molar-refractivity contribution is 5.78. The summed E-state index contributed by atoms with van der Waals surface area (Å²) >= 11 is 0. The van der Waals surface area contributed by atoms with Gasteiger partial charge in [0.2, 0.25) is 5.91 Å². The summed E-state index contributed by atoms with van der Waals surface area (Å²) in [5.74, 6) is -0.263. The fourth-order valence-electron chi connectivity index (χ4n) is 3.01. The summed E-state index contributed by atoms with van der Waals surface area (Å²) in [7, 11) is 0. The molecule has 0 radical (unpaired) electrons. The Balaban J connectivity index is 1.55. The Morgan fingerprint density at radius 2 is 1.87 bits per heavy atom. The lowest BCUT2D eigenvalue weighted by Crippen LogP contribution is -2.40. The molecule has 0 saturated heterocycles. The number of rotatable bonds is 4. The molecule has 23 heavy (non-hydrogen) atoms. The molecule has 2 aromatic carbocycles. The molecule has 1 unspecified atom stereocenters. The first kappa shape index (κ1) is 15.7. The van der Waals surface area contributed by atoms with Gasteiger partial charge in [0.25, 0.3) is 0 Å². The third-order valence-electron chi connectivity index (χ3n) is 4.32. The summed E-state index contributed by atoms with van der Waals surface area (Å²) in [6.07, 6.45) is 0.983. The summed E-state index contributed by atoms with van der Waals surface area (Å²) in [5.41, 5.74) is 3.59. The molecule has 0 fully saturated rings. The Labute approximate surface area is 136 Å². The Morgan fingerprint density at radius 1 is 1.17 bits per heavy atom. The van der Waals surface area contributed by atoms with Crippen molar-refractivity contribution < 1.29 is 9.18 Å². The number of carbonyl (C=O) groups excluding carboxylic acids is 1. The van der Waals surface area contributed by atoms with Gasteiger partial charge in [-0.1, -0.05) is 36.4 Å². The fourth-order valence-corrected chi connectivity index (χ4v) is 3.01. The molecule has 1 heterocycles. The minimum atomic E-state index is -0.265. The Morgan fingerprint density at radius 3 is 2.61 bits per heavy atom. The summed E-state index contributed by atoms with van der Waals surface area (Å²) in [6, 6.07) is 14.5. The molecule has 4 heteroatoms. The molecule has 1 aliphatic heterocycles. The van der Waals surface area contributed by atoms with Crippen molar-refractivity contribution in [1.82, 2.24) is 10.2 Å². The second kappa shape index (κ2) is 6.92. The Kier molecular flexibility index (Phi) is 4.72. The van der Waals surface area contributed by atoms with Crippen LogP contribution in [0.2, 0.25) is 0 Å². The molecule has 0 bridgehead atoms. The molecule has 3 nitrogen and oxygen atoms in total. The first-order chi connectivity index (χ1) is 11.1. The summed E-state index contributed by atoms with van der Waals surface area (Å²) in [6.45, 7) is 4.01. The Hall–Kier alpha value is -2.20. The van der Waals surface area contributed by atoms with Crippen molar-refractivity contribution in [2.24, 2.45) is 0 Å². The zero-order valence-corrected chi connectivity index (χ0v) is 13.3. The maximum atomic E-state index is 12.9. The molecule has 0 aliphatic carbocycles. The van der Waals surface area contributed by atoms with Crippen LogP contribution in [0.3, 0.4) is 0 Å². The van der Waals surface area contributed by atoms with E-state index in [0.29, 0.717) is 6.54 Å². The van der Waals surface area contributed by atoms with E-state index in [0.717, 1.165) is 25.1 Å². The summed E-state index contributed by atoms with van der Waals surface area (Å²) in [4.78, 5) is 14.4. The van der Waals surface area contributed by atoms with Gasteiger partial charge in [-0.15, -0.1) is 0 Å². The molecule has 120 valence electrons. The third kappa shape index (κ3) is 3.96. The average Bonchev–Trinajstić information content (AvgIpc) is 2.55. The van der Waals surface area contributed by atoms with Crippen LogP contribution in [0.1, 0.15) is 29.7 Å². The number of halogens is 1. The summed E-state index contributed by atoms with van der Waals surface area (Å²) < 4.78 is 12.9. The standard InChI is InChI=1S/C19H21FN2O/c1-14(15-6-8-18(20)9-7-15)21-19(23)13-22-11-10-16-4-2-3-5-17(16)12-22/h2-9,14H,10-13H2,1H3,(H,21,23). The van der Waals surface area contributed by atoms with E-state index < -0.39 is 0 Å². The van der Waals surface area contributed by atoms with Gasteiger partial charge in [-0.3, -0.25) is 9.69 Å². The molecule has 1 aliphatic rings. The minimum Gasteiger partial charge on any atom is -0.348 e. The van der Waals surface area contributed by atoms with Crippen LogP contribution < -0.4 is 5.32 Å². The highest BCUT2D eigenvalue weighted by Gasteiger charge is 2.19. The highest BCUT2D eigenvalue weighted by Crippen LogP contribution is 2.18. The van der Waals surface area contributed by atoms with Gasteiger partial charge >= 0.3 is 0 Å². The first-order valence-electron chi connectivity index (χ1n) is 7.96. The van der Waals surface area contributed by atoms with Crippen LogP contribution in [0.15, 0.2) is 48.5 Å². The quantitative estimate of drug-likeness (QED) is 0.941. The molecule has 2 aromatic rings. The number of benzene rings is 2. The van der Waals surface area contributed by atoms with E-state index in [1.807, 2.05) is 13.0 Å². The number of nitrogens with zero attached hydrogens (tertiary/aromatic N) is 1. The lowest BCUT2D eigenvalue weighted by atomic mass is 10.00. The average molecular weight is 312 g/mol. The molecule has 1 atom stereocenters. The predicted molar refractivity (Wildman–Crippen MR) is 88.4 cm³/mol. The molecule has 0 aromatic heterocycles. The van der Waals surface area contributed by atoms with Gasteiger partial charge in [-0.2, -0.15) is 0 Å². The smallest absolute Gasteiger partial charge is 0.234 e. The van der Waals surface area contributed by atoms with Crippen molar-refractivity contribution in [3.8, 4) is 0 Å². The minimum absolute atomic E-state index is 0.00112. The number of carbonyl (C=O) groups is 1. The number of hydrogen-bond donors (Lipinski definition) is 1. The molecule has 1 amide bonds. The van der Waals surface area contributed by atoms with E-state index >= 15 is 0 Å². The lowest BCUT2D eigenvalue weighted by molar-refractivity contribution is -0.123. The number of fused-ring (bicyclic) bond motifs is 1. The van der Waals surface area contributed by atoms with Gasteiger partial charge in [0.1, 0.15) is 5.82 Å². The number of amides is 1. The van der Waals surface area contributed by atoms with Crippen molar-refractivity contribution in [3.63, 3.8) is 0 Å². The molecule has 3 rings (SSSR count). The van der Waals surface area contributed by atoms with Crippen molar-refractivity contribution >= 4 is 5.91 Å². The fraction of sp³-hybridized carbons (Fsp3) is 0.316. The van der Waals surface area contributed by atoms with Crippen LogP contribution in [0, 0.1) is 5.82 Å². The van der Waals surface area contributed by atoms with Crippen LogP contribution in [0.5, 0.6) is 0 Å². The van der Waals surface area contributed by atoms with E-state index in [9.17, 15) is 9.18 Å². The van der Waals surface area contributed by atoms with Crippen LogP contribution >= 0.6 is 0 Å². The topological polar surface area (TPSA) is 32.3 Å². The lowest BCUT2D eigenvalue weighted by Gasteiger charge is -2.28. The molecule has 0 spiro atoms. The number of hydrogen-bond acceptors (Lipinski definition) is 2. The van der Waals surface area contributed by atoms with E-state index in [1.54, 1.807) is 12.1 Å². The van der Waals surface area contributed by atoms with E-state index in [1.165, 1.54) is 23.3 Å². The number of nitrogens with one attached hydrogen (secondary N) is 1. The predicted octanol–water partition coefficient (Wildman–Crippen LogP) is 3.06. The van der Waals surface area contributed by atoms with Crippen molar-refractivity contribution in [2.75, 3.05) is 13.1 Å². The van der Waals surface area contributed by atoms with Crippen LogP contribution in [-0.4, -0.2) is 23.9 Å². The van der Waals surface area contributed by atoms with Crippen molar-refractivity contribution in [1.29, 1.82) is 0 Å². The second-order valence-electron chi connectivity index (χ2n) is 6.07. The van der Waals surface area contributed by atoms with E-state index in [4.69, 9.17) is 0 Å².